The first kappa shape index (κ1) is 14.5. The number of pyridine rings is 1. The van der Waals surface area contributed by atoms with Gasteiger partial charge in [-0.3, -0.25) is 9.78 Å². The second-order valence-corrected chi connectivity index (χ2v) is 4.98. The first-order valence-corrected chi connectivity index (χ1v) is 7.15. The number of likely N-dealkylation sites (tertiary alicyclic amines) is 1. The number of aliphatic hydroxyl groups excluding tert-OH is 1. The maximum Gasteiger partial charge on any atom is 0.255 e. The number of aliphatic hydroxyl groups is 1. The molecule has 0 unspecified atom stereocenters. The molecule has 0 saturated carbocycles. The normalized spacial score (nSPS) is 15.8. The van der Waals surface area contributed by atoms with Gasteiger partial charge in [-0.05, 0) is 18.9 Å². The van der Waals surface area contributed by atoms with Gasteiger partial charge in [0, 0.05) is 31.0 Å². The van der Waals surface area contributed by atoms with E-state index in [1.165, 1.54) is 19.3 Å². The van der Waals surface area contributed by atoms with Crippen molar-refractivity contribution in [1.29, 1.82) is 0 Å². The third kappa shape index (κ3) is 4.07. The fraction of sp³-hybridized carbons (Fsp3) is 0.500. The van der Waals surface area contributed by atoms with Crippen LogP contribution in [0, 0.1) is 11.8 Å². The van der Waals surface area contributed by atoms with E-state index in [1.807, 2.05) is 4.90 Å². The molecule has 4 heteroatoms. The number of carbonyl (C=O) groups excluding carboxylic acids is 1. The van der Waals surface area contributed by atoms with Gasteiger partial charge in [0.05, 0.1) is 5.56 Å². The Kier molecular flexibility index (Phi) is 5.57. The van der Waals surface area contributed by atoms with Crippen molar-refractivity contribution in [3.05, 3.63) is 29.6 Å². The van der Waals surface area contributed by atoms with E-state index in [1.54, 1.807) is 18.5 Å². The Balaban J connectivity index is 2.10. The van der Waals surface area contributed by atoms with Crippen LogP contribution >= 0.6 is 0 Å². The summed E-state index contributed by atoms with van der Waals surface area (Å²) in [5.41, 5.74) is 1.24. The average Bonchev–Trinajstić information content (AvgIpc) is 2.44. The van der Waals surface area contributed by atoms with Crippen LogP contribution in [0.15, 0.2) is 18.5 Å². The predicted octanol–water partition coefficient (Wildman–Crippen LogP) is 1.83. The van der Waals surface area contributed by atoms with Gasteiger partial charge in [0.2, 0.25) is 0 Å². The van der Waals surface area contributed by atoms with Crippen LogP contribution < -0.4 is 0 Å². The highest BCUT2D eigenvalue weighted by Gasteiger charge is 2.17. The van der Waals surface area contributed by atoms with Crippen LogP contribution in [-0.4, -0.2) is 40.6 Å². The molecule has 0 aromatic carbocycles. The van der Waals surface area contributed by atoms with E-state index in [0.29, 0.717) is 11.1 Å². The summed E-state index contributed by atoms with van der Waals surface area (Å²) in [6.45, 7) is 1.46. The Morgan fingerprint density at radius 2 is 1.90 bits per heavy atom. The Hall–Kier alpha value is -1.86. The van der Waals surface area contributed by atoms with Crippen LogP contribution in [0.4, 0.5) is 0 Å². The highest BCUT2D eigenvalue weighted by Crippen LogP contribution is 2.13. The van der Waals surface area contributed by atoms with Crippen LogP contribution in [-0.2, 0) is 0 Å². The number of carbonyl (C=O) groups is 1. The summed E-state index contributed by atoms with van der Waals surface area (Å²) in [6.07, 6.45) is 9.01. The standard InChI is InChI=1S/C16H20N2O2/c19-10-6-7-14-11-15(13-17-12-14)16(20)18-8-4-2-1-3-5-9-18/h11-13,19H,1-5,8-10H2. The molecule has 0 spiro atoms. The van der Waals surface area contributed by atoms with Gasteiger partial charge < -0.3 is 10.0 Å². The second-order valence-electron chi connectivity index (χ2n) is 4.98. The Morgan fingerprint density at radius 3 is 2.60 bits per heavy atom. The Morgan fingerprint density at radius 1 is 1.20 bits per heavy atom. The molecule has 1 N–H and O–H groups in total. The van der Waals surface area contributed by atoms with Crippen LogP contribution in [0.1, 0.15) is 48.0 Å². The van der Waals surface area contributed by atoms with Crippen LogP contribution in [0.25, 0.3) is 0 Å². The first-order chi connectivity index (χ1) is 9.81. The van der Waals surface area contributed by atoms with Crippen LogP contribution in [0.5, 0.6) is 0 Å². The van der Waals surface area contributed by atoms with Crippen molar-refractivity contribution in [3.63, 3.8) is 0 Å². The van der Waals surface area contributed by atoms with E-state index in [4.69, 9.17) is 5.11 Å². The zero-order valence-electron chi connectivity index (χ0n) is 11.6. The third-order valence-electron chi connectivity index (χ3n) is 3.44. The molecule has 1 aromatic heterocycles. The average molecular weight is 272 g/mol. The van der Waals surface area contributed by atoms with E-state index in [2.05, 4.69) is 16.8 Å². The van der Waals surface area contributed by atoms with E-state index in [0.717, 1.165) is 25.9 Å². The Labute approximate surface area is 119 Å². The van der Waals surface area contributed by atoms with Crippen molar-refractivity contribution in [2.45, 2.75) is 32.1 Å². The number of rotatable bonds is 1. The molecular weight excluding hydrogens is 252 g/mol. The number of aromatic nitrogens is 1. The molecule has 2 heterocycles. The molecule has 0 aliphatic carbocycles. The van der Waals surface area contributed by atoms with Crippen molar-refractivity contribution < 1.29 is 9.90 Å². The van der Waals surface area contributed by atoms with Gasteiger partial charge in [-0.1, -0.05) is 31.1 Å². The molecule has 0 bridgehead atoms. The molecule has 1 aliphatic rings. The van der Waals surface area contributed by atoms with E-state index in [9.17, 15) is 4.79 Å². The maximum atomic E-state index is 12.5. The molecule has 4 nitrogen and oxygen atoms in total. The largest absolute Gasteiger partial charge is 0.384 e. The first-order valence-electron chi connectivity index (χ1n) is 7.15. The van der Waals surface area contributed by atoms with Crippen LogP contribution in [0.3, 0.4) is 0 Å². The van der Waals surface area contributed by atoms with Crippen molar-refractivity contribution in [2.24, 2.45) is 0 Å². The molecular formula is C16H20N2O2. The lowest BCUT2D eigenvalue weighted by atomic mass is 10.1. The fourth-order valence-electron chi connectivity index (χ4n) is 2.40. The Bertz CT molecular complexity index is 509. The number of hydrogen-bond acceptors (Lipinski definition) is 3. The van der Waals surface area contributed by atoms with Gasteiger partial charge in [-0.2, -0.15) is 0 Å². The molecule has 1 aliphatic heterocycles. The SMILES string of the molecule is O=C(c1cncc(C#CCO)c1)N1CCCCCCC1. The summed E-state index contributed by atoms with van der Waals surface area (Å²) in [5.74, 6) is 5.39. The fourth-order valence-corrected chi connectivity index (χ4v) is 2.40. The highest BCUT2D eigenvalue weighted by atomic mass is 16.2. The van der Waals surface area contributed by atoms with E-state index < -0.39 is 0 Å². The zero-order valence-corrected chi connectivity index (χ0v) is 11.6. The van der Waals surface area contributed by atoms with E-state index >= 15 is 0 Å². The summed E-state index contributed by atoms with van der Waals surface area (Å²) in [7, 11) is 0. The minimum atomic E-state index is -0.190. The molecule has 1 amide bonds. The van der Waals surface area contributed by atoms with Gasteiger partial charge in [-0.15, -0.1) is 0 Å². The summed E-state index contributed by atoms with van der Waals surface area (Å²) in [6, 6.07) is 1.75. The van der Waals surface area contributed by atoms with Gasteiger partial charge >= 0.3 is 0 Å². The molecule has 106 valence electrons. The second kappa shape index (κ2) is 7.66. The molecule has 0 radical (unpaired) electrons. The maximum absolute atomic E-state index is 12.5. The van der Waals surface area contributed by atoms with Crippen molar-refractivity contribution >= 4 is 5.91 Å². The van der Waals surface area contributed by atoms with E-state index in [-0.39, 0.29) is 12.5 Å². The summed E-state index contributed by atoms with van der Waals surface area (Å²) in [5, 5.41) is 8.70. The summed E-state index contributed by atoms with van der Waals surface area (Å²) in [4.78, 5) is 18.5. The molecule has 20 heavy (non-hydrogen) atoms. The lowest BCUT2D eigenvalue weighted by Crippen LogP contribution is -2.33. The summed E-state index contributed by atoms with van der Waals surface area (Å²) >= 11 is 0. The molecule has 2 rings (SSSR count). The summed E-state index contributed by atoms with van der Waals surface area (Å²) < 4.78 is 0. The number of hydrogen-bond donors (Lipinski definition) is 1. The lowest BCUT2D eigenvalue weighted by molar-refractivity contribution is 0.0742. The van der Waals surface area contributed by atoms with Crippen LogP contribution in [0.2, 0.25) is 0 Å². The predicted molar refractivity (Wildman–Crippen MR) is 77.2 cm³/mol. The van der Waals surface area contributed by atoms with Crippen molar-refractivity contribution in [2.75, 3.05) is 19.7 Å². The zero-order chi connectivity index (χ0) is 14.2. The van der Waals surface area contributed by atoms with Crippen molar-refractivity contribution in [1.82, 2.24) is 9.88 Å². The van der Waals surface area contributed by atoms with Gasteiger partial charge in [-0.25, -0.2) is 0 Å². The monoisotopic (exact) mass is 272 g/mol. The quantitative estimate of drug-likeness (QED) is 0.794. The highest BCUT2D eigenvalue weighted by molar-refractivity contribution is 5.94. The molecule has 1 saturated heterocycles. The van der Waals surface area contributed by atoms with Gasteiger partial charge in [0.1, 0.15) is 6.61 Å². The van der Waals surface area contributed by atoms with Crippen molar-refractivity contribution in [3.8, 4) is 11.8 Å². The minimum absolute atomic E-state index is 0.0343. The minimum Gasteiger partial charge on any atom is -0.384 e. The third-order valence-corrected chi connectivity index (χ3v) is 3.44. The lowest BCUT2D eigenvalue weighted by Gasteiger charge is -2.24. The number of nitrogens with zero attached hydrogens (tertiary/aromatic N) is 2. The molecule has 1 aromatic rings. The molecule has 1 fully saturated rings. The topological polar surface area (TPSA) is 53.4 Å². The smallest absolute Gasteiger partial charge is 0.255 e. The molecule has 0 atom stereocenters. The van der Waals surface area contributed by atoms with Gasteiger partial charge in [0.15, 0.2) is 0 Å². The van der Waals surface area contributed by atoms with Gasteiger partial charge in [0.25, 0.3) is 5.91 Å². The number of amides is 1.